The summed E-state index contributed by atoms with van der Waals surface area (Å²) in [7, 11) is 0. The molecule has 0 unspecified atom stereocenters. The fourth-order valence-corrected chi connectivity index (χ4v) is 3.79. The van der Waals surface area contributed by atoms with Crippen LogP contribution in [0.3, 0.4) is 0 Å². The Morgan fingerprint density at radius 3 is 2.45 bits per heavy atom. The lowest BCUT2D eigenvalue weighted by Gasteiger charge is -2.26. The van der Waals surface area contributed by atoms with Crippen LogP contribution in [0.2, 0.25) is 0 Å². The SMILES string of the molecule is CCOc1ccc(Cc2nn(CN3CCOCC3)c(=S)n2-c2ccccc2)cc1. The molecule has 0 N–H and O–H groups in total. The minimum Gasteiger partial charge on any atom is -0.494 e. The van der Waals surface area contributed by atoms with E-state index in [1.807, 2.05) is 41.9 Å². The summed E-state index contributed by atoms with van der Waals surface area (Å²) in [5.74, 6) is 1.81. The maximum absolute atomic E-state index is 5.82. The predicted molar refractivity (Wildman–Crippen MR) is 115 cm³/mol. The van der Waals surface area contributed by atoms with Gasteiger partial charge in [-0.3, -0.25) is 9.47 Å². The van der Waals surface area contributed by atoms with Gasteiger partial charge in [0.1, 0.15) is 11.6 Å². The molecule has 1 aliphatic heterocycles. The number of nitrogens with zero attached hydrogens (tertiary/aromatic N) is 4. The zero-order valence-electron chi connectivity index (χ0n) is 16.7. The Morgan fingerprint density at radius 2 is 1.76 bits per heavy atom. The normalized spacial score (nSPS) is 14.8. The number of hydrogen-bond donors (Lipinski definition) is 0. The van der Waals surface area contributed by atoms with Gasteiger partial charge in [0.25, 0.3) is 0 Å². The smallest absolute Gasteiger partial charge is 0.203 e. The van der Waals surface area contributed by atoms with E-state index >= 15 is 0 Å². The highest BCUT2D eigenvalue weighted by Gasteiger charge is 2.17. The molecule has 1 saturated heterocycles. The fraction of sp³-hybridized carbons (Fsp3) is 0.364. The second-order valence-corrected chi connectivity index (χ2v) is 7.36. The highest BCUT2D eigenvalue weighted by Crippen LogP contribution is 2.18. The van der Waals surface area contributed by atoms with Crippen LogP contribution in [0, 0.1) is 4.77 Å². The third kappa shape index (κ3) is 4.75. The summed E-state index contributed by atoms with van der Waals surface area (Å²) in [6.07, 6.45) is 0.695. The van der Waals surface area contributed by atoms with Gasteiger partial charge in [-0.25, -0.2) is 4.68 Å². The van der Waals surface area contributed by atoms with Crippen molar-refractivity contribution in [2.75, 3.05) is 32.9 Å². The lowest BCUT2D eigenvalue weighted by molar-refractivity contribution is 0.0209. The minimum atomic E-state index is 0.665. The van der Waals surface area contributed by atoms with Crippen molar-refractivity contribution in [3.8, 4) is 11.4 Å². The Bertz CT molecular complexity index is 976. The maximum atomic E-state index is 5.82. The van der Waals surface area contributed by atoms with Crippen molar-refractivity contribution in [3.63, 3.8) is 0 Å². The first kappa shape index (κ1) is 19.8. The highest BCUT2D eigenvalue weighted by molar-refractivity contribution is 7.71. The summed E-state index contributed by atoms with van der Waals surface area (Å²) in [6, 6.07) is 18.4. The minimum absolute atomic E-state index is 0.665. The van der Waals surface area contributed by atoms with Crippen molar-refractivity contribution in [1.29, 1.82) is 0 Å². The van der Waals surface area contributed by atoms with Crippen molar-refractivity contribution in [2.45, 2.75) is 20.0 Å². The standard InChI is InChI=1S/C22H26N4O2S/c1-2-28-20-10-8-18(9-11-20)16-21-23-25(17-24-12-14-27-15-13-24)22(29)26(21)19-6-4-3-5-7-19/h3-11H,2,12-17H2,1H3. The Labute approximate surface area is 176 Å². The first-order valence-electron chi connectivity index (χ1n) is 10.0. The van der Waals surface area contributed by atoms with E-state index in [1.54, 1.807) is 0 Å². The third-order valence-electron chi connectivity index (χ3n) is 4.95. The molecule has 6 nitrogen and oxygen atoms in total. The van der Waals surface area contributed by atoms with E-state index in [0.717, 1.165) is 43.6 Å². The van der Waals surface area contributed by atoms with Crippen LogP contribution < -0.4 is 4.74 Å². The van der Waals surface area contributed by atoms with Crippen molar-refractivity contribution >= 4 is 12.2 Å². The molecule has 2 aromatic carbocycles. The van der Waals surface area contributed by atoms with Gasteiger partial charge in [-0.1, -0.05) is 30.3 Å². The molecule has 1 aliphatic rings. The quantitative estimate of drug-likeness (QED) is 0.556. The molecule has 0 aliphatic carbocycles. The summed E-state index contributed by atoms with van der Waals surface area (Å²) >= 11 is 5.82. The molecule has 0 atom stereocenters. The Balaban J connectivity index is 1.65. The van der Waals surface area contributed by atoms with Gasteiger partial charge >= 0.3 is 0 Å². The van der Waals surface area contributed by atoms with Crippen LogP contribution in [0.1, 0.15) is 18.3 Å². The third-order valence-corrected chi connectivity index (χ3v) is 5.35. The monoisotopic (exact) mass is 410 g/mol. The van der Waals surface area contributed by atoms with Crippen LogP contribution in [-0.4, -0.2) is 52.2 Å². The topological polar surface area (TPSA) is 44.4 Å². The van der Waals surface area contributed by atoms with Crippen molar-refractivity contribution < 1.29 is 9.47 Å². The van der Waals surface area contributed by atoms with Crippen molar-refractivity contribution in [2.24, 2.45) is 0 Å². The summed E-state index contributed by atoms with van der Waals surface area (Å²) < 4.78 is 15.7. The van der Waals surface area contributed by atoms with E-state index in [1.165, 1.54) is 5.56 Å². The summed E-state index contributed by atoms with van der Waals surface area (Å²) in [5, 5.41) is 4.90. The average molecular weight is 411 g/mol. The second-order valence-electron chi connectivity index (χ2n) is 6.99. The van der Waals surface area contributed by atoms with Crippen LogP contribution >= 0.6 is 12.2 Å². The number of hydrogen-bond acceptors (Lipinski definition) is 5. The van der Waals surface area contributed by atoms with Crippen LogP contribution in [0.25, 0.3) is 5.69 Å². The molecule has 0 radical (unpaired) electrons. The van der Waals surface area contributed by atoms with E-state index in [2.05, 4.69) is 33.7 Å². The first-order chi connectivity index (χ1) is 14.2. The summed E-state index contributed by atoms with van der Waals surface area (Å²) in [5.41, 5.74) is 2.20. The Kier molecular flexibility index (Phi) is 6.39. The first-order valence-corrected chi connectivity index (χ1v) is 10.4. The lowest BCUT2D eigenvalue weighted by Crippen LogP contribution is -2.37. The van der Waals surface area contributed by atoms with Gasteiger partial charge in [0.15, 0.2) is 0 Å². The van der Waals surface area contributed by atoms with Gasteiger partial charge in [-0.15, -0.1) is 0 Å². The predicted octanol–water partition coefficient (Wildman–Crippen LogP) is 3.68. The van der Waals surface area contributed by atoms with E-state index < -0.39 is 0 Å². The summed E-state index contributed by atoms with van der Waals surface area (Å²) in [6.45, 7) is 6.64. The zero-order chi connectivity index (χ0) is 20.1. The van der Waals surface area contributed by atoms with Gasteiger partial charge in [-0.2, -0.15) is 5.10 Å². The fourth-order valence-electron chi connectivity index (χ4n) is 3.48. The van der Waals surface area contributed by atoms with E-state index in [4.69, 9.17) is 26.8 Å². The van der Waals surface area contributed by atoms with Gasteiger partial charge in [0.05, 0.1) is 26.5 Å². The Hall–Kier alpha value is -2.48. The number of morpholine rings is 1. The Morgan fingerprint density at radius 1 is 1.03 bits per heavy atom. The van der Waals surface area contributed by atoms with Crippen LogP contribution in [0.4, 0.5) is 0 Å². The zero-order valence-corrected chi connectivity index (χ0v) is 17.5. The molecule has 1 fully saturated rings. The number of aromatic nitrogens is 3. The van der Waals surface area contributed by atoms with Crippen LogP contribution in [0.15, 0.2) is 54.6 Å². The molecule has 0 bridgehead atoms. The number of rotatable bonds is 7. The van der Waals surface area contributed by atoms with Gasteiger partial charge < -0.3 is 9.47 Å². The van der Waals surface area contributed by atoms with E-state index in [-0.39, 0.29) is 0 Å². The van der Waals surface area contributed by atoms with Gasteiger partial charge in [0, 0.05) is 25.2 Å². The lowest BCUT2D eigenvalue weighted by atomic mass is 10.1. The second kappa shape index (κ2) is 9.35. The largest absolute Gasteiger partial charge is 0.494 e. The van der Waals surface area contributed by atoms with Gasteiger partial charge in [0.2, 0.25) is 4.77 Å². The number of para-hydroxylation sites is 1. The average Bonchev–Trinajstić information content (AvgIpc) is 3.05. The highest BCUT2D eigenvalue weighted by atomic mass is 32.1. The molecule has 0 spiro atoms. The number of benzene rings is 2. The molecule has 1 aromatic heterocycles. The molecule has 152 valence electrons. The number of ether oxygens (including phenoxy) is 2. The molecule has 4 rings (SSSR count). The molecular weight excluding hydrogens is 384 g/mol. The van der Waals surface area contributed by atoms with Crippen LogP contribution in [-0.2, 0) is 17.8 Å². The molecule has 7 heteroatoms. The van der Waals surface area contributed by atoms with E-state index in [9.17, 15) is 0 Å². The molecule has 3 aromatic rings. The van der Waals surface area contributed by atoms with Crippen molar-refractivity contribution in [3.05, 3.63) is 70.8 Å². The molecule has 0 saturated carbocycles. The van der Waals surface area contributed by atoms with Crippen LogP contribution in [0.5, 0.6) is 5.75 Å². The van der Waals surface area contributed by atoms with Gasteiger partial charge in [-0.05, 0) is 49.0 Å². The molecule has 0 amide bonds. The molecule has 2 heterocycles. The maximum Gasteiger partial charge on any atom is 0.203 e. The summed E-state index contributed by atoms with van der Waals surface area (Å²) in [4.78, 5) is 2.32. The molecular formula is C22H26N4O2S. The van der Waals surface area contributed by atoms with E-state index in [0.29, 0.717) is 24.5 Å². The van der Waals surface area contributed by atoms with Crippen molar-refractivity contribution in [1.82, 2.24) is 19.2 Å². The molecule has 29 heavy (non-hydrogen) atoms.